The van der Waals surface area contributed by atoms with Gasteiger partial charge in [-0.1, -0.05) is 0 Å². The average Bonchev–Trinajstić information content (AvgIpc) is 2.34. The molecule has 1 rings (SSSR count). The molecule has 0 aliphatic carbocycles. The van der Waals surface area contributed by atoms with Gasteiger partial charge in [0.2, 0.25) is 0 Å². The summed E-state index contributed by atoms with van der Waals surface area (Å²) in [5.41, 5.74) is 0.357. The second kappa shape index (κ2) is 4.68. The van der Waals surface area contributed by atoms with Gasteiger partial charge < -0.3 is 0 Å². The minimum absolute atomic E-state index is 0.0419. The molecule has 79 valence electrons. The highest BCUT2D eigenvalue weighted by molar-refractivity contribution is 7.99. The standard InChI is InChI=1S/C7H7F4N2S/c1-4-2-12-13(3-5(8)9)6(4)14-7(10)11/h5,7H,3H2,1H3. The van der Waals surface area contributed by atoms with E-state index in [2.05, 4.69) is 11.3 Å². The van der Waals surface area contributed by atoms with Crippen molar-refractivity contribution in [3.8, 4) is 0 Å². The Balaban J connectivity index is 2.82. The van der Waals surface area contributed by atoms with Gasteiger partial charge in [0.15, 0.2) is 0 Å². The number of thioether (sulfide) groups is 1. The Morgan fingerprint density at radius 3 is 2.57 bits per heavy atom. The van der Waals surface area contributed by atoms with Crippen LogP contribution in [-0.2, 0) is 6.54 Å². The molecule has 0 saturated heterocycles. The highest BCUT2D eigenvalue weighted by atomic mass is 32.2. The van der Waals surface area contributed by atoms with Crippen LogP contribution in [0.25, 0.3) is 0 Å². The molecule has 0 bridgehead atoms. The quantitative estimate of drug-likeness (QED) is 0.581. The number of hydrogen-bond donors (Lipinski definition) is 0. The van der Waals surface area contributed by atoms with E-state index in [9.17, 15) is 17.6 Å². The van der Waals surface area contributed by atoms with Crippen LogP contribution in [0.4, 0.5) is 17.6 Å². The fraction of sp³-hybridized carbons (Fsp3) is 0.571. The molecule has 0 aromatic carbocycles. The van der Waals surface area contributed by atoms with Gasteiger partial charge >= 0.3 is 0 Å². The van der Waals surface area contributed by atoms with E-state index < -0.39 is 18.7 Å². The van der Waals surface area contributed by atoms with Crippen molar-refractivity contribution in [3.05, 3.63) is 11.8 Å². The minimum atomic E-state index is -2.64. The molecule has 0 aliphatic rings. The average molecular weight is 227 g/mol. The van der Waals surface area contributed by atoms with E-state index in [4.69, 9.17) is 0 Å². The van der Waals surface area contributed by atoms with Crippen LogP contribution in [0.3, 0.4) is 0 Å². The number of alkyl halides is 4. The van der Waals surface area contributed by atoms with Crippen molar-refractivity contribution in [2.45, 2.75) is 30.7 Å². The van der Waals surface area contributed by atoms with Gasteiger partial charge in [0.1, 0.15) is 17.8 Å². The van der Waals surface area contributed by atoms with Crippen LogP contribution in [0.15, 0.2) is 5.03 Å². The molecule has 0 aliphatic heterocycles. The summed E-state index contributed by atoms with van der Waals surface area (Å²) >= 11 is 0.203. The zero-order valence-electron chi connectivity index (χ0n) is 7.18. The second-order valence-corrected chi connectivity index (χ2v) is 3.47. The maximum atomic E-state index is 12.0. The van der Waals surface area contributed by atoms with E-state index in [-0.39, 0.29) is 16.8 Å². The summed E-state index contributed by atoms with van der Waals surface area (Å²) in [5, 5.41) is 3.51. The van der Waals surface area contributed by atoms with E-state index in [0.717, 1.165) is 4.68 Å². The Morgan fingerprint density at radius 1 is 1.43 bits per heavy atom. The van der Waals surface area contributed by atoms with Crippen LogP contribution in [0.5, 0.6) is 0 Å². The van der Waals surface area contributed by atoms with E-state index >= 15 is 0 Å². The predicted octanol–water partition coefficient (Wildman–Crippen LogP) is 2.57. The molecule has 0 unspecified atom stereocenters. The van der Waals surface area contributed by atoms with Gasteiger partial charge in [-0.05, 0) is 18.7 Å². The lowest BCUT2D eigenvalue weighted by Gasteiger charge is -2.06. The fourth-order valence-electron chi connectivity index (χ4n) is 0.910. The van der Waals surface area contributed by atoms with Gasteiger partial charge in [-0.25, -0.2) is 8.78 Å². The summed E-state index contributed by atoms with van der Waals surface area (Å²) in [6, 6.07) is 0. The Hall–Kier alpha value is -0.720. The Kier molecular flexibility index (Phi) is 3.79. The third-order valence-corrected chi connectivity index (χ3v) is 2.32. The fourth-order valence-corrected chi connectivity index (χ4v) is 1.54. The van der Waals surface area contributed by atoms with Gasteiger partial charge in [-0.2, -0.15) is 13.9 Å². The first-order valence-corrected chi connectivity index (χ1v) is 4.56. The molecular formula is C7H7F4N2S. The lowest BCUT2D eigenvalue weighted by Crippen LogP contribution is -2.09. The molecule has 1 aromatic rings. The molecule has 0 fully saturated rings. The van der Waals surface area contributed by atoms with Crippen LogP contribution >= 0.6 is 11.8 Å². The first-order valence-electron chi connectivity index (χ1n) is 3.68. The Morgan fingerprint density at radius 2 is 2.07 bits per heavy atom. The number of rotatable bonds is 4. The van der Waals surface area contributed by atoms with E-state index in [1.54, 1.807) is 0 Å². The van der Waals surface area contributed by atoms with Gasteiger partial charge in [0.25, 0.3) is 12.2 Å². The van der Waals surface area contributed by atoms with Gasteiger partial charge in [-0.15, -0.1) is 0 Å². The molecule has 0 atom stereocenters. The van der Waals surface area contributed by atoms with Crippen LogP contribution in [-0.4, -0.2) is 22.0 Å². The highest BCUT2D eigenvalue weighted by Crippen LogP contribution is 2.28. The molecule has 0 amide bonds. The van der Waals surface area contributed by atoms with E-state index in [1.165, 1.54) is 6.92 Å². The zero-order valence-corrected chi connectivity index (χ0v) is 7.99. The molecular weight excluding hydrogens is 220 g/mol. The van der Waals surface area contributed by atoms with Gasteiger partial charge in [0.05, 0.1) is 0 Å². The van der Waals surface area contributed by atoms with Crippen molar-refractivity contribution < 1.29 is 17.6 Å². The number of halogens is 4. The normalized spacial score (nSPS) is 11.6. The van der Waals surface area contributed by atoms with Crippen LogP contribution in [0, 0.1) is 13.1 Å². The van der Waals surface area contributed by atoms with Crippen molar-refractivity contribution in [2.24, 2.45) is 0 Å². The van der Waals surface area contributed by atoms with Crippen LogP contribution < -0.4 is 0 Å². The monoisotopic (exact) mass is 227 g/mol. The molecule has 0 N–H and O–H groups in total. The lowest BCUT2D eigenvalue weighted by molar-refractivity contribution is 0.118. The molecule has 7 heteroatoms. The predicted molar refractivity (Wildman–Crippen MR) is 43.7 cm³/mol. The van der Waals surface area contributed by atoms with Gasteiger partial charge in [-0.3, -0.25) is 4.68 Å². The summed E-state index contributed by atoms with van der Waals surface area (Å²) in [4.78, 5) is 0. The summed E-state index contributed by atoms with van der Waals surface area (Å²) < 4.78 is 48.8. The number of hydrogen-bond acceptors (Lipinski definition) is 2. The number of aromatic nitrogens is 2. The highest BCUT2D eigenvalue weighted by Gasteiger charge is 2.16. The minimum Gasteiger partial charge on any atom is -0.252 e. The molecule has 1 heterocycles. The first kappa shape index (κ1) is 11.4. The largest absolute Gasteiger partial charge is 0.290 e. The zero-order chi connectivity index (χ0) is 10.7. The lowest BCUT2D eigenvalue weighted by atomic mass is 10.4. The van der Waals surface area contributed by atoms with Crippen LogP contribution in [0.2, 0.25) is 0 Å². The smallest absolute Gasteiger partial charge is 0.252 e. The van der Waals surface area contributed by atoms with E-state index in [1.807, 2.05) is 0 Å². The van der Waals surface area contributed by atoms with Crippen molar-refractivity contribution in [1.29, 1.82) is 0 Å². The first-order chi connectivity index (χ1) is 6.50. The summed E-state index contributed by atoms with van der Waals surface area (Å²) in [7, 11) is 0. The van der Waals surface area contributed by atoms with Crippen molar-refractivity contribution in [2.75, 3.05) is 0 Å². The molecule has 14 heavy (non-hydrogen) atoms. The summed E-state index contributed by atoms with van der Waals surface area (Å²) in [6.45, 7) is 0.819. The SMILES string of the molecule is Cc1[c]nn(CC(F)F)c1SC(F)F. The molecule has 0 saturated carbocycles. The van der Waals surface area contributed by atoms with Crippen LogP contribution in [0.1, 0.15) is 5.56 Å². The molecule has 0 spiro atoms. The number of aryl methyl sites for hydroxylation is 1. The van der Waals surface area contributed by atoms with Gasteiger partial charge in [0, 0.05) is 5.56 Å². The molecule has 1 aromatic heterocycles. The third-order valence-electron chi connectivity index (χ3n) is 1.41. The van der Waals surface area contributed by atoms with Crippen molar-refractivity contribution in [3.63, 3.8) is 0 Å². The maximum absolute atomic E-state index is 12.0. The number of nitrogens with zero attached hydrogens (tertiary/aromatic N) is 2. The van der Waals surface area contributed by atoms with Crippen molar-refractivity contribution >= 4 is 11.8 Å². The molecule has 2 nitrogen and oxygen atoms in total. The summed E-state index contributed by atoms with van der Waals surface area (Å²) in [6.07, 6.45) is -0.238. The summed E-state index contributed by atoms with van der Waals surface area (Å²) in [5.74, 6) is -2.64. The maximum Gasteiger partial charge on any atom is 0.290 e. The van der Waals surface area contributed by atoms with E-state index in [0.29, 0.717) is 5.56 Å². The van der Waals surface area contributed by atoms with Crippen molar-refractivity contribution in [1.82, 2.24) is 9.78 Å². The topological polar surface area (TPSA) is 17.8 Å². The third kappa shape index (κ3) is 2.90. The second-order valence-electron chi connectivity index (χ2n) is 2.49. The Labute approximate surface area is 82.3 Å². The Bertz CT molecular complexity index is 300. The molecule has 1 radical (unpaired) electrons.